The first-order chi connectivity index (χ1) is 32.1. The lowest BCUT2D eigenvalue weighted by Gasteiger charge is -2.17. The van der Waals surface area contributed by atoms with Crippen LogP contribution in [0.1, 0.15) is 41.4 Å². The average Bonchev–Trinajstić information content (AvgIpc) is 3.33. The van der Waals surface area contributed by atoms with Crippen LogP contribution in [0.3, 0.4) is 0 Å². The molecule has 2 N–H and O–H groups in total. The first-order valence-corrected chi connectivity index (χ1v) is 20.7. The molecule has 10 heteroatoms. The van der Waals surface area contributed by atoms with Gasteiger partial charge in [0, 0.05) is 5.56 Å². The van der Waals surface area contributed by atoms with Crippen LogP contribution in [-0.2, 0) is 0 Å². The molecule has 0 spiro atoms. The molecule has 0 saturated heterocycles. The smallest absolute Gasteiger partial charge is 0.343 e. The Balaban J connectivity index is 0.928. The van der Waals surface area contributed by atoms with Gasteiger partial charge in [-0.2, -0.15) is 0 Å². The van der Waals surface area contributed by atoms with E-state index in [0.29, 0.717) is 39.5 Å². The number of fused-ring (bicyclic) bond motifs is 4. The minimum Gasteiger partial charge on any atom is -0.508 e. The predicted molar refractivity (Wildman–Crippen MR) is 251 cm³/mol. The highest BCUT2D eigenvalue weighted by Gasteiger charge is 2.21. The summed E-state index contributed by atoms with van der Waals surface area (Å²) in [6.45, 7) is 0. The lowest BCUT2D eigenvalue weighted by molar-refractivity contribution is 0.0725. The Hall–Kier alpha value is -9.28. The summed E-state index contributed by atoms with van der Waals surface area (Å²) in [6, 6.07) is 54.6. The summed E-state index contributed by atoms with van der Waals surface area (Å²) in [5.41, 5.74) is 2.47. The standard InChI is InChI=1S/C56H34O10/c57-43-20-13-34(14-21-43)53(59)63-45-24-17-36-27-41(11-9-38(36)29-45)55(61)65-47-31-40-6-2-3-7-48(40)50(32-47)52-49-8-4-1-5-33(49)19-26-51(52)66-56(62)42-12-10-39-30-46(25-18-37(39)28-42)64-54(60)35-15-22-44(58)23-16-35/h1-32,57-58H. The number of phenolic OH excluding ortho intramolecular Hbond substituents is 2. The van der Waals surface area contributed by atoms with E-state index < -0.39 is 23.9 Å². The normalized spacial score (nSPS) is 11.1. The number of hydrogen-bond donors (Lipinski definition) is 2. The topological polar surface area (TPSA) is 146 Å². The Bertz CT molecular complexity index is 3580. The van der Waals surface area contributed by atoms with E-state index in [9.17, 15) is 29.4 Å². The summed E-state index contributed by atoms with van der Waals surface area (Å²) in [5.74, 6) is -1.05. The van der Waals surface area contributed by atoms with Crippen LogP contribution in [0.5, 0.6) is 34.5 Å². The van der Waals surface area contributed by atoms with Crippen molar-refractivity contribution in [1.82, 2.24) is 0 Å². The molecule has 0 aliphatic heterocycles. The van der Waals surface area contributed by atoms with Gasteiger partial charge in [-0.1, -0.05) is 78.9 Å². The van der Waals surface area contributed by atoms with E-state index in [1.807, 2.05) is 54.6 Å². The maximum Gasteiger partial charge on any atom is 0.343 e. The van der Waals surface area contributed by atoms with Gasteiger partial charge in [0.1, 0.15) is 34.5 Å². The molecule has 0 heterocycles. The number of hydrogen-bond acceptors (Lipinski definition) is 10. The number of esters is 4. The van der Waals surface area contributed by atoms with Crippen LogP contribution >= 0.6 is 0 Å². The van der Waals surface area contributed by atoms with Crippen molar-refractivity contribution in [3.63, 3.8) is 0 Å². The number of phenols is 2. The third-order valence-corrected chi connectivity index (χ3v) is 11.1. The van der Waals surface area contributed by atoms with Gasteiger partial charge in [-0.3, -0.25) is 0 Å². The molecule has 0 unspecified atom stereocenters. The van der Waals surface area contributed by atoms with Gasteiger partial charge in [0.25, 0.3) is 0 Å². The molecule has 10 aromatic carbocycles. The Morgan fingerprint density at radius 3 is 1.30 bits per heavy atom. The van der Waals surface area contributed by atoms with Crippen LogP contribution in [0.2, 0.25) is 0 Å². The quantitative estimate of drug-likeness (QED) is 0.106. The molecular formula is C56H34O10. The summed E-state index contributed by atoms with van der Waals surface area (Å²) in [5, 5.41) is 25.4. The molecule has 0 fully saturated rings. The van der Waals surface area contributed by atoms with Gasteiger partial charge >= 0.3 is 23.9 Å². The highest BCUT2D eigenvalue weighted by Crippen LogP contribution is 2.43. The monoisotopic (exact) mass is 866 g/mol. The molecule has 10 rings (SSSR count). The van der Waals surface area contributed by atoms with Crippen LogP contribution in [-0.4, -0.2) is 34.1 Å². The fourth-order valence-electron chi connectivity index (χ4n) is 7.84. The number of rotatable bonds is 9. The zero-order valence-corrected chi connectivity index (χ0v) is 34.6. The SMILES string of the molecule is O=C(Oc1ccc2cc(C(=O)Oc3cc(-c4c(OC(=O)c5ccc6cc(OC(=O)c7ccc(O)cc7)ccc6c5)ccc5ccccc45)c4ccccc4c3)ccc2c1)c1ccc(O)cc1. The number of ether oxygens (including phenoxy) is 4. The maximum atomic E-state index is 14.0. The van der Waals surface area contributed by atoms with Crippen molar-refractivity contribution < 1.29 is 48.3 Å². The second-order valence-corrected chi connectivity index (χ2v) is 15.5. The molecule has 0 aromatic heterocycles. The van der Waals surface area contributed by atoms with Gasteiger partial charge in [0.2, 0.25) is 0 Å². The van der Waals surface area contributed by atoms with E-state index in [0.717, 1.165) is 43.1 Å². The minimum absolute atomic E-state index is 0.0399. The molecule has 0 aliphatic carbocycles. The Kier molecular flexibility index (Phi) is 10.6. The van der Waals surface area contributed by atoms with Gasteiger partial charge in [-0.05, 0) is 164 Å². The van der Waals surface area contributed by atoms with Gasteiger partial charge < -0.3 is 29.2 Å². The summed E-state index contributed by atoms with van der Waals surface area (Å²) in [4.78, 5) is 53.2. The molecular weight excluding hydrogens is 833 g/mol. The van der Waals surface area contributed by atoms with Crippen molar-refractivity contribution in [3.05, 3.63) is 216 Å². The van der Waals surface area contributed by atoms with Crippen LogP contribution in [0, 0.1) is 0 Å². The Morgan fingerprint density at radius 2 is 0.727 bits per heavy atom. The first-order valence-electron chi connectivity index (χ1n) is 20.7. The van der Waals surface area contributed by atoms with Crippen molar-refractivity contribution in [2.45, 2.75) is 0 Å². The predicted octanol–water partition coefficient (Wildman–Crippen LogP) is 12.3. The van der Waals surface area contributed by atoms with Crippen LogP contribution in [0.4, 0.5) is 0 Å². The zero-order chi connectivity index (χ0) is 45.3. The van der Waals surface area contributed by atoms with Crippen molar-refractivity contribution in [2.75, 3.05) is 0 Å². The Labute approximate surface area is 376 Å². The average molecular weight is 867 g/mol. The van der Waals surface area contributed by atoms with Crippen LogP contribution in [0.25, 0.3) is 54.2 Å². The second-order valence-electron chi connectivity index (χ2n) is 15.5. The molecule has 0 bridgehead atoms. The van der Waals surface area contributed by atoms with Crippen molar-refractivity contribution in [1.29, 1.82) is 0 Å². The lowest BCUT2D eigenvalue weighted by Crippen LogP contribution is -2.10. The first kappa shape index (κ1) is 40.8. The molecule has 66 heavy (non-hydrogen) atoms. The third-order valence-electron chi connectivity index (χ3n) is 11.1. The molecule has 0 radical (unpaired) electrons. The fraction of sp³-hybridized carbons (Fsp3) is 0. The molecule has 0 amide bonds. The summed E-state index contributed by atoms with van der Waals surface area (Å²) >= 11 is 0. The number of carbonyl (C=O) groups excluding carboxylic acids is 4. The molecule has 318 valence electrons. The van der Waals surface area contributed by atoms with Crippen molar-refractivity contribution in [3.8, 4) is 45.6 Å². The summed E-state index contributed by atoms with van der Waals surface area (Å²) in [6.07, 6.45) is 0. The largest absolute Gasteiger partial charge is 0.508 e. The second kappa shape index (κ2) is 17.1. The van der Waals surface area contributed by atoms with Crippen LogP contribution in [0.15, 0.2) is 194 Å². The highest BCUT2D eigenvalue weighted by molar-refractivity contribution is 6.10. The van der Waals surface area contributed by atoms with Gasteiger partial charge in [0.15, 0.2) is 0 Å². The van der Waals surface area contributed by atoms with E-state index in [4.69, 9.17) is 18.9 Å². The van der Waals surface area contributed by atoms with Gasteiger partial charge in [-0.25, -0.2) is 19.2 Å². The van der Waals surface area contributed by atoms with E-state index in [1.165, 1.54) is 48.5 Å². The molecule has 0 aliphatic rings. The Morgan fingerprint density at radius 1 is 0.318 bits per heavy atom. The fourth-order valence-corrected chi connectivity index (χ4v) is 7.84. The number of aromatic hydroxyl groups is 2. The molecule has 10 nitrogen and oxygen atoms in total. The molecule has 0 atom stereocenters. The zero-order valence-electron chi connectivity index (χ0n) is 34.6. The van der Waals surface area contributed by atoms with Crippen molar-refractivity contribution >= 4 is 67.0 Å². The molecule has 0 saturated carbocycles. The maximum absolute atomic E-state index is 14.0. The van der Waals surface area contributed by atoms with E-state index in [-0.39, 0.29) is 28.4 Å². The minimum atomic E-state index is -0.595. The van der Waals surface area contributed by atoms with Crippen molar-refractivity contribution in [2.24, 2.45) is 0 Å². The number of benzene rings is 10. The van der Waals surface area contributed by atoms with Gasteiger partial charge in [0.05, 0.1) is 22.3 Å². The summed E-state index contributed by atoms with van der Waals surface area (Å²) in [7, 11) is 0. The van der Waals surface area contributed by atoms with Gasteiger partial charge in [-0.15, -0.1) is 0 Å². The highest BCUT2D eigenvalue weighted by atomic mass is 16.5. The van der Waals surface area contributed by atoms with E-state index >= 15 is 0 Å². The molecule has 10 aromatic rings. The van der Waals surface area contributed by atoms with Crippen LogP contribution < -0.4 is 18.9 Å². The van der Waals surface area contributed by atoms with E-state index in [1.54, 1.807) is 91.0 Å². The lowest BCUT2D eigenvalue weighted by atomic mass is 9.92. The number of carbonyl (C=O) groups is 4. The van der Waals surface area contributed by atoms with E-state index in [2.05, 4.69) is 0 Å². The third kappa shape index (κ3) is 8.33. The summed E-state index contributed by atoms with van der Waals surface area (Å²) < 4.78 is 23.4.